The van der Waals surface area contributed by atoms with E-state index in [9.17, 15) is 5.26 Å². The molecule has 17 heavy (non-hydrogen) atoms. The maximum atomic E-state index is 9.30. The summed E-state index contributed by atoms with van der Waals surface area (Å²) < 4.78 is 0. The SMILES string of the molecule is CCSc1cccc(NC2CCCC2)c1C#N. The van der Waals surface area contributed by atoms with Gasteiger partial charge in [0.2, 0.25) is 0 Å². The third kappa shape index (κ3) is 2.95. The predicted octanol–water partition coefficient (Wildman–Crippen LogP) is 4.02. The van der Waals surface area contributed by atoms with Gasteiger partial charge in [0, 0.05) is 10.9 Å². The third-order valence-electron chi connectivity index (χ3n) is 3.15. The Kier molecular flexibility index (Phi) is 4.33. The highest BCUT2D eigenvalue weighted by Crippen LogP contribution is 2.30. The van der Waals surface area contributed by atoms with E-state index >= 15 is 0 Å². The predicted molar refractivity (Wildman–Crippen MR) is 73.4 cm³/mol. The van der Waals surface area contributed by atoms with E-state index in [1.54, 1.807) is 11.8 Å². The van der Waals surface area contributed by atoms with Crippen LogP contribution in [-0.4, -0.2) is 11.8 Å². The van der Waals surface area contributed by atoms with Crippen molar-refractivity contribution in [1.29, 1.82) is 5.26 Å². The van der Waals surface area contributed by atoms with Gasteiger partial charge in [-0.2, -0.15) is 5.26 Å². The van der Waals surface area contributed by atoms with Crippen molar-refractivity contribution >= 4 is 17.4 Å². The first-order valence-electron chi connectivity index (χ1n) is 6.27. The van der Waals surface area contributed by atoms with Crippen LogP contribution in [0.15, 0.2) is 23.1 Å². The van der Waals surface area contributed by atoms with E-state index in [-0.39, 0.29) is 0 Å². The highest BCUT2D eigenvalue weighted by Gasteiger charge is 2.16. The van der Waals surface area contributed by atoms with Crippen LogP contribution in [0.1, 0.15) is 38.2 Å². The van der Waals surface area contributed by atoms with Gasteiger partial charge in [0.05, 0.1) is 11.3 Å². The molecule has 1 N–H and O–H groups in total. The van der Waals surface area contributed by atoms with Gasteiger partial charge in [-0.05, 0) is 30.7 Å². The average Bonchev–Trinajstić information content (AvgIpc) is 2.83. The van der Waals surface area contributed by atoms with Gasteiger partial charge in [0.1, 0.15) is 6.07 Å². The fourth-order valence-electron chi connectivity index (χ4n) is 2.33. The highest BCUT2D eigenvalue weighted by molar-refractivity contribution is 7.99. The van der Waals surface area contributed by atoms with Crippen molar-refractivity contribution < 1.29 is 0 Å². The molecule has 0 spiro atoms. The molecule has 0 aromatic heterocycles. The molecule has 0 aliphatic heterocycles. The number of hydrogen-bond donors (Lipinski definition) is 1. The van der Waals surface area contributed by atoms with E-state index in [1.165, 1.54) is 25.7 Å². The van der Waals surface area contributed by atoms with Crippen molar-refractivity contribution in [3.8, 4) is 6.07 Å². The average molecular weight is 246 g/mol. The summed E-state index contributed by atoms with van der Waals surface area (Å²) in [5, 5.41) is 12.8. The monoisotopic (exact) mass is 246 g/mol. The normalized spacial score (nSPS) is 15.8. The van der Waals surface area contributed by atoms with Crippen molar-refractivity contribution in [2.45, 2.75) is 43.5 Å². The molecule has 0 amide bonds. The lowest BCUT2D eigenvalue weighted by atomic mass is 10.1. The molecule has 1 fully saturated rings. The van der Waals surface area contributed by atoms with Gasteiger partial charge >= 0.3 is 0 Å². The summed E-state index contributed by atoms with van der Waals surface area (Å²) in [6.45, 7) is 2.11. The molecular weight excluding hydrogens is 228 g/mol. The standard InChI is InChI=1S/C14H18N2S/c1-2-17-14-9-5-8-13(12(14)10-15)16-11-6-3-4-7-11/h5,8-9,11,16H,2-4,6-7H2,1H3. The second kappa shape index (κ2) is 5.97. The van der Waals surface area contributed by atoms with Crippen LogP contribution in [0, 0.1) is 11.3 Å². The molecule has 0 bridgehead atoms. The fraction of sp³-hybridized carbons (Fsp3) is 0.500. The van der Waals surface area contributed by atoms with E-state index in [4.69, 9.17) is 0 Å². The second-order valence-corrected chi connectivity index (χ2v) is 5.66. The molecule has 1 aliphatic rings. The maximum Gasteiger partial charge on any atom is 0.102 e. The second-order valence-electron chi connectivity index (χ2n) is 4.35. The largest absolute Gasteiger partial charge is 0.381 e. The van der Waals surface area contributed by atoms with E-state index < -0.39 is 0 Å². The van der Waals surface area contributed by atoms with Crippen LogP contribution in [0.5, 0.6) is 0 Å². The zero-order valence-corrected chi connectivity index (χ0v) is 11.0. The Balaban J connectivity index is 2.20. The quantitative estimate of drug-likeness (QED) is 0.815. The van der Waals surface area contributed by atoms with Crippen LogP contribution < -0.4 is 5.32 Å². The molecule has 1 saturated carbocycles. The summed E-state index contributed by atoms with van der Waals surface area (Å²) in [7, 11) is 0. The third-order valence-corrected chi connectivity index (χ3v) is 4.09. The summed E-state index contributed by atoms with van der Waals surface area (Å²) in [5.41, 5.74) is 1.82. The van der Waals surface area contributed by atoms with Crippen molar-refractivity contribution in [3.63, 3.8) is 0 Å². The van der Waals surface area contributed by atoms with Crippen LogP contribution in [0.4, 0.5) is 5.69 Å². The fourth-order valence-corrected chi connectivity index (χ4v) is 3.12. The number of hydrogen-bond acceptors (Lipinski definition) is 3. The Bertz CT molecular complexity index is 417. The van der Waals surface area contributed by atoms with Crippen LogP contribution >= 0.6 is 11.8 Å². The summed E-state index contributed by atoms with van der Waals surface area (Å²) in [6, 6.07) is 9.00. The van der Waals surface area contributed by atoms with Gasteiger partial charge in [-0.15, -0.1) is 11.8 Å². The first kappa shape index (κ1) is 12.3. The minimum Gasteiger partial charge on any atom is -0.381 e. The molecule has 90 valence electrons. The van der Waals surface area contributed by atoms with E-state index in [2.05, 4.69) is 18.3 Å². The molecule has 1 aromatic rings. The van der Waals surface area contributed by atoms with Crippen LogP contribution in [0.2, 0.25) is 0 Å². The molecule has 0 atom stereocenters. The van der Waals surface area contributed by atoms with Crippen LogP contribution in [0.25, 0.3) is 0 Å². The molecule has 0 unspecified atom stereocenters. The number of nitriles is 1. The van der Waals surface area contributed by atoms with E-state index in [0.717, 1.165) is 21.9 Å². The zero-order chi connectivity index (χ0) is 12.1. The Hall–Kier alpha value is -1.14. The van der Waals surface area contributed by atoms with Crippen LogP contribution in [0.3, 0.4) is 0 Å². The molecule has 1 aliphatic carbocycles. The smallest absolute Gasteiger partial charge is 0.102 e. The van der Waals surface area contributed by atoms with Gasteiger partial charge in [0.15, 0.2) is 0 Å². The molecule has 0 radical (unpaired) electrons. The highest BCUT2D eigenvalue weighted by atomic mass is 32.2. The minimum absolute atomic E-state index is 0.559. The van der Waals surface area contributed by atoms with Gasteiger partial charge in [0.25, 0.3) is 0 Å². The topological polar surface area (TPSA) is 35.8 Å². The lowest BCUT2D eigenvalue weighted by Gasteiger charge is -2.16. The number of nitrogens with zero attached hydrogens (tertiary/aromatic N) is 1. The number of anilines is 1. The van der Waals surface area contributed by atoms with Gasteiger partial charge in [-0.3, -0.25) is 0 Å². The van der Waals surface area contributed by atoms with Gasteiger partial charge < -0.3 is 5.32 Å². The molecule has 0 saturated heterocycles. The minimum atomic E-state index is 0.559. The number of nitrogens with one attached hydrogen (secondary N) is 1. The Morgan fingerprint density at radius 1 is 1.41 bits per heavy atom. The van der Waals surface area contributed by atoms with Gasteiger partial charge in [-0.1, -0.05) is 25.8 Å². The lowest BCUT2D eigenvalue weighted by molar-refractivity contribution is 0.754. The lowest BCUT2D eigenvalue weighted by Crippen LogP contribution is -2.15. The number of benzene rings is 1. The molecular formula is C14H18N2S. The molecule has 0 heterocycles. The van der Waals surface area contributed by atoms with Crippen LogP contribution in [-0.2, 0) is 0 Å². The van der Waals surface area contributed by atoms with Gasteiger partial charge in [-0.25, -0.2) is 0 Å². The Morgan fingerprint density at radius 3 is 2.82 bits per heavy atom. The molecule has 3 heteroatoms. The first-order chi connectivity index (χ1) is 8.35. The summed E-state index contributed by atoms with van der Waals surface area (Å²) >= 11 is 1.74. The van der Waals surface area contributed by atoms with Crippen molar-refractivity contribution in [2.24, 2.45) is 0 Å². The summed E-state index contributed by atoms with van der Waals surface area (Å²) in [4.78, 5) is 1.10. The maximum absolute atomic E-state index is 9.30. The van der Waals surface area contributed by atoms with E-state index in [1.807, 2.05) is 18.2 Å². The van der Waals surface area contributed by atoms with Crippen molar-refractivity contribution in [3.05, 3.63) is 23.8 Å². The first-order valence-corrected chi connectivity index (χ1v) is 7.26. The molecule has 2 rings (SSSR count). The summed E-state index contributed by atoms with van der Waals surface area (Å²) in [5.74, 6) is 1.00. The number of thioether (sulfide) groups is 1. The van der Waals surface area contributed by atoms with Crippen molar-refractivity contribution in [2.75, 3.05) is 11.1 Å². The Labute approximate surface area is 107 Å². The molecule has 1 aromatic carbocycles. The van der Waals surface area contributed by atoms with E-state index in [0.29, 0.717) is 6.04 Å². The summed E-state index contributed by atoms with van der Waals surface area (Å²) in [6.07, 6.45) is 5.08. The zero-order valence-electron chi connectivity index (χ0n) is 10.2. The number of rotatable bonds is 4. The molecule has 2 nitrogen and oxygen atoms in total. The Morgan fingerprint density at radius 2 is 2.18 bits per heavy atom. The van der Waals surface area contributed by atoms with Crippen molar-refractivity contribution in [1.82, 2.24) is 0 Å².